The van der Waals surface area contributed by atoms with Crippen molar-refractivity contribution < 1.29 is 27.8 Å². The summed E-state index contributed by atoms with van der Waals surface area (Å²) in [6, 6.07) is 4.84. The van der Waals surface area contributed by atoms with Crippen molar-refractivity contribution in [3.8, 4) is 5.75 Å². The number of hydrogen-bond acceptors (Lipinski definition) is 7. The predicted molar refractivity (Wildman–Crippen MR) is 125 cm³/mol. The summed E-state index contributed by atoms with van der Waals surface area (Å²) >= 11 is 0. The summed E-state index contributed by atoms with van der Waals surface area (Å²) in [5.41, 5.74) is 6.57. The number of alkyl halides is 3. The Balaban J connectivity index is 1.61. The molecule has 1 saturated heterocycles. The number of aromatic nitrogens is 2. The number of rotatable bonds is 4. The molecule has 4 N–H and O–H groups in total. The van der Waals surface area contributed by atoms with Crippen LogP contribution >= 0.6 is 0 Å². The first-order valence-electron chi connectivity index (χ1n) is 11.6. The molecule has 1 atom stereocenters. The third kappa shape index (κ3) is 4.36. The van der Waals surface area contributed by atoms with Gasteiger partial charge in [0.2, 0.25) is 0 Å². The smallest absolute Gasteiger partial charge is 0.416 e. The Morgan fingerprint density at radius 1 is 1.11 bits per heavy atom. The predicted octanol–water partition coefficient (Wildman–Crippen LogP) is 4.65. The molecule has 35 heavy (non-hydrogen) atoms. The van der Waals surface area contributed by atoms with Gasteiger partial charge in [0.25, 0.3) is 0 Å². The van der Waals surface area contributed by atoms with Crippen molar-refractivity contribution in [2.24, 2.45) is 0 Å². The van der Waals surface area contributed by atoms with Crippen LogP contribution in [-0.4, -0.2) is 34.9 Å². The molecule has 2 aromatic carbocycles. The van der Waals surface area contributed by atoms with Crippen molar-refractivity contribution >= 4 is 22.4 Å². The lowest BCUT2D eigenvalue weighted by Gasteiger charge is -2.33. The number of nitrogens with zero attached hydrogens (tertiary/aromatic N) is 2. The van der Waals surface area contributed by atoms with Gasteiger partial charge in [0.05, 0.1) is 29.3 Å². The second kappa shape index (κ2) is 8.53. The molecule has 5 rings (SSSR count). The Morgan fingerprint density at radius 3 is 2.57 bits per heavy atom. The van der Waals surface area contributed by atoms with Crippen molar-refractivity contribution in [2.75, 3.05) is 30.9 Å². The van der Waals surface area contributed by atoms with E-state index in [-0.39, 0.29) is 5.69 Å². The molecular formula is C25H27F3N4O3. The molecule has 2 aliphatic heterocycles. The van der Waals surface area contributed by atoms with Gasteiger partial charge in [0.1, 0.15) is 17.4 Å². The minimum Gasteiger partial charge on any atom is -0.492 e. The molecule has 1 fully saturated rings. The van der Waals surface area contributed by atoms with Crippen LogP contribution in [0.1, 0.15) is 53.9 Å². The zero-order chi connectivity index (χ0) is 25.0. The maximum Gasteiger partial charge on any atom is 0.416 e. The summed E-state index contributed by atoms with van der Waals surface area (Å²) in [6.07, 6.45) is -2.99. The zero-order valence-corrected chi connectivity index (χ0v) is 19.5. The van der Waals surface area contributed by atoms with E-state index >= 15 is 0 Å². The van der Waals surface area contributed by atoms with Gasteiger partial charge in [-0.25, -0.2) is 9.97 Å². The standard InChI is InChI=1S/C25H27F3N4O3/c1-13(15-9-16(25(26,27)28)11-17(29)10-15)30-23-19-12-20(24(33)4-7-34-8-5-24)22-18(3-6-35-22)21(19)31-14(2)32-23/h9-13,33H,3-8,29H2,1-2H3,(H,30,31,32)/t13-/m1/s1. The summed E-state index contributed by atoms with van der Waals surface area (Å²) in [7, 11) is 0. The van der Waals surface area contributed by atoms with Gasteiger partial charge in [-0.15, -0.1) is 0 Å². The maximum atomic E-state index is 13.3. The van der Waals surface area contributed by atoms with Gasteiger partial charge in [-0.2, -0.15) is 13.2 Å². The molecule has 10 heteroatoms. The monoisotopic (exact) mass is 488 g/mol. The first kappa shape index (κ1) is 23.6. The van der Waals surface area contributed by atoms with Gasteiger partial charge in [0.15, 0.2) is 0 Å². The molecule has 7 nitrogen and oxygen atoms in total. The van der Waals surface area contributed by atoms with E-state index < -0.39 is 23.4 Å². The Morgan fingerprint density at radius 2 is 1.86 bits per heavy atom. The first-order valence-corrected chi connectivity index (χ1v) is 11.6. The molecule has 0 radical (unpaired) electrons. The highest BCUT2D eigenvalue weighted by molar-refractivity contribution is 5.94. The second-order valence-electron chi connectivity index (χ2n) is 9.24. The molecular weight excluding hydrogens is 461 g/mol. The number of fused-ring (bicyclic) bond motifs is 3. The third-order valence-electron chi connectivity index (χ3n) is 6.73. The summed E-state index contributed by atoms with van der Waals surface area (Å²) in [6.45, 7) is 4.88. The second-order valence-corrected chi connectivity index (χ2v) is 9.24. The molecule has 3 heterocycles. The van der Waals surface area contributed by atoms with Crippen LogP contribution in [-0.2, 0) is 22.9 Å². The first-order chi connectivity index (χ1) is 16.5. The average Bonchev–Trinajstić information content (AvgIpc) is 3.28. The van der Waals surface area contributed by atoms with E-state index in [4.69, 9.17) is 15.2 Å². The number of anilines is 2. The van der Waals surface area contributed by atoms with Crippen molar-refractivity contribution in [3.05, 3.63) is 52.3 Å². The van der Waals surface area contributed by atoms with Crippen LogP contribution in [0, 0.1) is 6.92 Å². The van der Waals surface area contributed by atoms with Gasteiger partial charge in [-0.1, -0.05) is 0 Å². The van der Waals surface area contributed by atoms with Crippen LogP contribution in [0.5, 0.6) is 5.75 Å². The fourth-order valence-corrected chi connectivity index (χ4v) is 4.89. The fourth-order valence-electron chi connectivity index (χ4n) is 4.89. The van der Waals surface area contributed by atoms with Gasteiger partial charge in [0, 0.05) is 54.7 Å². The van der Waals surface area contributed by atoms with Crippen LogP contribution in [0.15, 0.2) is 24.3 Å². The molecule has 0 unspecified atom stereocenters. The van der Waals surface area contributed by atoms with Crippen molar-refractivity contribution in [2.45, 2.75) is 50.9 Å². The number of hydrogen-bond donors (Lipinski definition) is 3. The van der Waals surface area contributed by atoms with Crippen LogP contribution < -0.4 is 15.8 Å². The van der Waals surface area contributed by atoms with E-state index in [2.05, 4.69) is 15.3 Å². The van der Waals surface area contributed by atoms with E-state index in [1.165, 1.54) is 6.07 Å². The summed E-state index contributed by atoms with van der Waals surface area (Å²) in [5, 5.41) is 15.4. The Kier molecular flexibility index (Phi) is 5.76. The van der Waals surface area contributed by atoms with Crippen LogP contribution in [0.4, 0.5) is 24.7 Å². The molecule has 0 amide bonds. The van der Waals surface area contributed by atoms with Crippen molar-refractivity contribution in [1.29, 1.82) is 0 Å². The van der Waals surface area contributed by atoms with Crippen LogP contribution in [0.25, 0.3) is 10.9 Å². The highest BCUT2D eigenvalue weighted by Gasteiger charge is 2.38. The summed E-state index contributed by atoms with van der Waals surface area (Å²) in [4.78, 5) is 9.22. The van der Waals surface area contributed by atoms with Crippen LogP contribution in [0.3, 0.4) is 0 Å². The topological polar surface area (TPSA) is 103 Å². The molecule has 0 aliphatic carbocycles. The third-order valence-corrected chi connectivity index (χ3v) is 6.73. The SMILES string of the molecule is Cc1nc(N[C@H](C)c2cc(N)cc(C(F)(F)F)c2)c2cc(C3(O)CCOCC3)c3c(c2n1)CCO3. The lowest BCUT2D eigenvalue weighted by Crippen LogP contribution is -2.33. The van der Waals surface area contributed by atoms with Gasteiger partial charge in [-0.05, 0) is 43.7 Å². The number of nitrogens with one attached hydrogen (secondary N) is 1. The molecule has 0 spiro atoms. The highest BCUT2D eigenvalue weighted by Crippen LogP contribution is 2.45. The van der Waals surface area contributed by atoms with E-state index in [0.29, 0.717) is 78.5 Å². The lowest BCUT2D eigenvalue weighted by atomic mass is 9.84. The molecule has 0 saturated carbocycles. The normalized spacial score (nSPS) is 18.2. The lowest BCUT2D eigenvalue weighted by molar-refractivity contribution is -0.137. The Hall–Kier alpha value is -3.11. The van der Waals surface area contributed by atoms with Crippen molar-refractivity contribution in [3.63, 3.8) is 0 Å². The number of benzene rings is 2. The number of aryl methyl sites for hydroxylation is 1. The number of ether oxygens (including phenoxy) is 2. The van der Waals surface area contributed by atoms with E-state index in [0.717, 1.165) is 17.7 Å². The minimum atomic E-state index is -4.50. The quantitative estimate of drug-likeness (QED) is 0.460. The number of nitrogens with two attached hydrogens (primary N) is 1. The summed E-state index contributed by atoms with van der Waals surface area (Å²) < 4.78 is 51.4. The van der Waals surface area contributed by atoms with Crippen molar-refractivity contribution in [1.82, 2.24) is 9.97 Å². The highest BCUT2D eigenvalue weighted by atomic mass is 19.4. The number of halogens is 3. The van der Waals surface area contributed by atoms with Crippen LogP contribution in [0.2, 0.25) is 0 Å². The molecule has 2 aliphatic rings. The Bertz CT molecular complexity index is 1290. The molecule has 3 aromatic rings. The zero-order valence-electron chi connectivity index (χ0n) is 19.5. The van der Waals surface area contributed by atoms with Gasteiger partial charge < -0.3 is 25.6 Å². The summed E-state index contributed by atoms with van der Waals surface area (Å²) in [5.74, 6) is 1.65. The molecule has 1 aromatic heterocycles. The number of nitrogen functional groups attached to an aromatic ring is 1. The van der Waals surface area contributed by atoms with Gasteiger partial charge in [-0.3, -0.25) is 0 Å². The minimum absolute atomic E-state index is 0.0335. The van der Waals surface area contributed by atoms with Gasteiger partial charge >= 0.3 is 6.18 Å². The largest absolute Gasteiger partial charge is 0.492 e. The number of aliphatic hydroxyl groups is 1. The average molecular weight is 489 g/mol. The Labute approximate surface area is 200 Å². The molecule has 186 valence electrons. The fraction of sp³-hybridized carbons (Fsp3) is 0.440. The maximum absolute atomic E-state index is 13.3. The van der Waals surface area contributed by atoms with E-state index in [1.54, 1.807) is 13.8 Å². The molecule has 0 bridgehead atoms. The van der Waals surface area contributed by atoms with E-state index in [1.807, 2.05) is 6.07 Å². The van der Waals surface area contributed by atoms with E-state index in [9.17, 15) is 18.3 Å².